The molecule has 0 aliphatic rings. The van der Waals surface area contributed by atoms with Crippen molar-refractivity contribution in [1.82, 2.24) is 4.98 Å². The number of aromatic nitrogens is 1. The molecular weight excluding hydrogens is 539 g/mol. The minimum Gasteiger partial charge on any atom is -0.302 e. The van der Waals surface area contributed by atoms with E-state index in [2.05, 4.69) is 10.3 Å². The molecule has 3 aromatic carbocycles. The Kier molecular flexibility index (Phi) is 8.21. The molecule has 0 fully saturated rings. The van der Waals surface area contributed by atoms with E-state index in [1.54, 1.807) is 79.7 Å². The Bertz CT molecular complexity index is 1510. The number of hydrogen-bond donors (Lipinski definition) is 2. The summed E-state index contributed by atoms with van der Waals surface area (Å²) in [6.45, 7) is 1.61. The summed E-state index contributed by atoms with van der Waals surface area (Å²) < 4.78 is 22.4. The molecule has 1 amide bonds. The Labute approximate surface area is 223 Å². The van der Waals surface area contributed by atoms with Crippen LogP contribution in [0.15, 0.2) is 72.8 Å². The van der Waals surface area contributed by atoms with E-state index in [0.29, 0.717) is 42.9 Å². The van der Waals surface area contributed by atoms with Crippen molar-refractivity contribution in [2.45, 2.75) is 18.6 Å². The number of ketones is 1. The number of halogens is 2. The largest absolute Gasteiger partial charge is 0.302 e. The average Bonchev–Trinajstić information content (AvgIpc) is 3.27. The molecule has 1 aromatic heterocycles. The number of benzene rings is 3. The lowest BCUT2D eigenvalue weighted by Crippen LogP contribution is -2.14. The molecule has 0 saturated heterocycles. The molecule has 6 nitrogen and oxygen atoms in total. The molecule has 1 unspecified atom stereocenters. The number of thiol groups is 1. The molecule has 0 spiro atoms. The zero-order valence-electron chi connectivity index (χ0n) is 18.9. The van der Waals surface area contributed by atoms with Crippen LogP contribution in [-0.2, 0) is 21.9 Å². The molecule has 184 valence electrons. The highest BCUT2D eigenvalue weighted by atomic mass is 35.5. The van der Waals surface area contributed by atoms with Gasteiger partial charge in [-0.3, -0.25) is 9.59 Å². The van der Waals surface area contributed by atoms with Crippen LogP contribution >= 0.6 is 34.5 Å². The lowest BCUT2D eigenvalue weighted by Gasteiger charge is -2.06. The molecule has 0 saturated carbocycles. The fourth-order valence-electron chi connectivity index (χ4n) is 3.51. The van der Waals surface area contributed by atoms with E-state index < -0.39 is 16.0 Å². The van der Waals surface area contributed by atoms with E-state index in [4.69, 9.17) is 23.2 Å². The highest BCUT2D eigenvalue weighted by Crippen LogP contribution is 2.35. The fourth-order valence-corrected chi connectivity index (χ4v) is 5.30. The maximum atomic E-state index is 13.4. The van der Waals surface area contributed by atoms with E-state index in [-0.39, 0.29) is 23.2 Å². The smallest absolute Gasteiger partial charge is 0.230 e. The van der Waals surface area contributed by atoms with E-state index in [0.717, 1.165) is 11.3 Å². The van der Waals surface area contributed by atoms with Crippen molar-refractivity contribution in [2.75, 3.05) is 5.32 Å². The normalized spacial score (nSPS) is 11.9. The topological polar surface area (TPSA) is 93.2 Å². The van der Waals surface area contributed by atoms with Gasteiger partial charge >= 0.3 is 0 Å². The Morgan fingerprint density at radius 1 is 1.00 bits per heavy atom. The van der Waals surface area contributed by atoms with E-state index in [1.807, 2.05) is 0 Å². The number of hydrogen-bond acceptors (Lipinski definition) is 6. The molecule has 36 heavy (non-hydrogen) atoms. The molecule has 1 N–H and O–H groups in total. The van der Waals surface area contributed by atoms with Gasteiger partial charge in [-0.15, -0.1) is 0 Å². The standard InChI is InChI=1S/C26H20Cl2N2O4S2/c1-15(36(33)34)17-11-9-16(10-12-17)13-22(31)29-26-30-23(18-5-4-6-19(27)14-18)25(35-26)24(32)20-7-2-3-8-21(20)28/h2-12,14-15,36H,13H2,1H3,(H,29,30,31). The second kappa shape index (κ2) is 11.3. The van der Waals surface area contributed by atoms with Crippen LogP contribution in [-0.4, -0.2) is 25.1 Å². The fraction of sp³-hybridized carbons (Fsp3) is 0.115. The van der Waals surface area contributed by atoms with Gasteiger partial charge in [0.15, 0.2) is 5.13 Å². The van der Waals surface area contributed by atoms with Crippen molar-refractivity contribution in [3.8, 4) is 11.3 Å². The number of nitrogens with zero attached hydrogens (tertiary/aromatic N) is 1. The van der Waals surface area contributed by atoms with E-state index >= 15 is 0 Å². The van der Waals surface area contributed by atoms with Gasteiger partial charge in [0.2, 0.25) is 11.7 Å². The van der Waals surface area contributed by atoms with Crippen LogP contribution < -0.4 is 5.32 Å². The highest BCUT2D eigenvalue weighted by molar-refractivity contribution is 7.72. The second-order valence-electron chi connectivity index (χ2n) is 7.94. The Morgan fingerprint density at radius 3 is 2.39 bits per heavy atom. The first-order valence-corrected chi connectivity index (χ1v) is 13.6. The molecule has 0 aliphatic carbocycles. The lowest BCUT2D eigenvalue weighted by molar-refractivity contribution is -0.115. The third kappa shape index (κ3) is 6.02. The number of carbonyl (C=O) groups excluding carboxylic acids is 2. The molecule has 4 rings (SSSR count). The Hall–Kier alpha value is -3.04. The first-order valence-electron chi connectivity index (χ1n) is 10.8. The van der Waals surface area contributed by atoms with Crippen LogP contribution in [0.4, 0.5) is 5.13 Å². The quantitative estimate of drug-likeness (QED) is 0.198. The predicted molar refractivity (Wildman–Crippen MR) is 145 cm³/mol. The first-order chi connectivity index (χ1) is 17.2. The summed E-state index contributed by atoms with van der Waals surface area (Å²) in [5.41, 5.74) is 2.73. The van der Waals surface area contributed by atoms with Gasteiger partial charge in [-0.25, -0.2) is 13.4 Å². The molecule has 0 radical (unpaired) electrons. The van der Waals surface area contributed by atoms with Crippen molar-refractivity contribution >= 4 is 62.1 Å². The van der Waals surface area contributed by atoms with E-state index in [1.165, 1.54) is 0 Å². The highest BCUT2D eigenvalue weighted by Gasteiger charge is 2.23. The van der Waals surface area contributed by atoms with Gasteiger partial charge in [0.25, 0.3) is 0 Å². The van der Waals surface area contributed by atoms with Crippen molar-refractivity contribution in [3.05, 3.63) is 104 Å². The minimum absolute atomic E-state index is 0.0536. The Balaban J connectivity index is 1.60. The molecule has 10 heteroatoms. The maximum Gasteiger partial charge on any atom is 0.230 e. The number of thiazole rings is 1. The van der Waals surface area contributed by atoms with Crippen LogP contribution in [0.3, 0.4) is 0 Å². The zero-order valence-corrected chi connectivity index (χ0v) is 22.1. The second-order valence-corrected chi connectivity index (χ2v) is 11.1. The van der Waals surface area contributed by atoms with Gasteiger partial charge in [0.05, 0.1) is 22.4 Å². The van der Waals surface area contributed by atoms with Crippen LogP contribution in [0, 0.1) is 0 Å². The summed E-state index contributed by atoms with van der Waals surface area (Å²) in [5.74, 6) is -0.635. The molecular formula is C26H20Cl2N2O4S2. The summed E-state index contributed by atoms with van der Waals surface area (Å²) in [6.07, 6.45) is 0.0536. The van der Waals surface area contributed by atoms with Crippen LogP contribution in [0.1, 0.15) is 38.5 Å². The zero-order chi connectivity index (χ0) is 25.8. The summed E-state index contributed by atoms with van der Waals surface area (Å²) in [4.78, 5) is 31.0. The van der Waals surface area contributed by atoms with Crippen LogP contribution in [0.25, 0.3) is 11.3 Å². The van der Waals surface area contributed by atoms with Crippen molar-refractivity contribution in [3.63, 3.8) is 0 Å². The summed E-state index contributed by atoms with van der Waals surface area (Å²) >= 11 is 13.5. The van der Waals surface area contributed by atoms with Gasteiger partial charge in [-0.1, -0.05) is 83.1 Å². The summed E-state index contributed by atoms with van der Waals surface area (Å²) in [6, 6.07) is 20.5. The number of amides is 1. The maximum absolute atomic E-state index is 13.4. The third-order valence-electron chi connectivity index (χ3n) is 5.44. The number of anilines is 1. The van der Waals surface area contributed by atoms with Crippen LogP contribution in [0.5, 0.6) is 0 Å². The molecule has 1 atom stereocenters. The number of rotatable bonds is 8. The van der Waals surface area contributed by atoms with E-state index in [9.17, 15) is 18.0 Å². The molecule has 0 aliphatic heterocycles. The number of carbonyl (C=O) groups is 2. The average molecular weight is 559 g/mol. The first kappa shape index (κ1) is 26.0. The number of nitrogens with one attached hydrogen (secondary N) is 1. The third-order valence-corrected chi connectivity index (χ3v) is 7.90. The van der Waals surface area contributed by atoms with Gasteiger partial charge in [0.1, 0.15) is 15.6 Å². The van der Waals surface area contributed by atoms with Crippen LogP contribution in [0.2, 0.25) is 10.0 Å². The Morgan fingerprint density at radius 2 is 1.72 bits per heavy atom. The summed E-state index contributed by atoms with van der Waals surface area (Å²) in [7, 11) is -2.57. The molecule has 0 bridgehead atoms. The summed E-state index contributed by atoms with van der Waals surface area (Å²) in [5, 5.41) is 3.23. The van der Waals surface area contributed by atoms with Gasteiger partial charge < -0.3 is 5.32 Å². The molecule has 4 aromatic rings. The van der Waals surface area contributed by atoms with Crippen molar-refractivity contribution in [2.24, 2.45) is 0 Å². The minimum atomic E-state index is -2.57. The SMILES string of the molecule is CC(c1ccc(CC(=O)Nc2nc(-c3cccc(Cl)c3)c(C(=O)c3ccccc3Cl)s2)cc1)[SH](=O)=O. The van der Waals surface area contributed by atoms with Gasteiger partial charge in [0, 0.05) is 16.1 Å². The predicted octanol–water partition coefficient (Wildman–Crippen LogP) is 6.20. The van der Waals surface area contributed by atoms with Crippen molar-refractivity contribution < 1.29 is 18.0 Å². The van der Waals surface area contributed by atoms with Gasteiger partial charge in [-0.05, 0) is 42.3 Å². The van der Waals surface area contributed by atoms with Crippen molar-refractivity contribution in [1.29, 1.82) is 0 Å². The lowest BCUT2D eigenvalue weighted by atomic mass is 10.1. The monoisotopic (exact) mass is 558 g/mol. The van der Waals surface area contributed by atoms with Gasteiger partial charge in [-0.2, -0.15) is 0 Å². The molecule has 1 heterocycles.